The van der Waals surface area contributed by atoms with Crippen molar-refractivity contribution in [3.05, 3.63) is 94.6 Å². The van der Waals surface area contributed by atoms with Crippen molar-refractivity contribution in [3.8, 4) is 0 Å². The van der Waals surface area contributed by atoms with Gasteiger partial charge in [-0.1, -0.05) is 48.5 Å². The Kier molecular flexibility index (Phi) is 7.04. The highest BCUT2D eigenvalue weighted by molar-refractivity contribution is 6.30. The normalized spacial score (nSPS) is 12.8. The Morgan fingerprint density at radius 1 is 0.971 bits per heavy atom. The molecule has 0 unspecified atom stereocenters. The predicted octanol–water partition coefficient (Wildman–Crippen LogP) is 5.30. The van der Waals surface area contributed by atoms with Crippen LogP contribution in [0.1, 0.15) is 44.7 Å². The van der Waals surface area contributed by atoms with Crippen molar-refractivity contribution in [3.63, 3.8) is 0 Å². The van der Waals surface area contributed by atoms with Gasteiger partial charge in [0, 0.05) is 30.4 Å². The molecule has 1 aliphatic heterocycles. The number of benzene rings is 2. The van der Waals surface area contributed by atoms with Gasteiger partial charge in [0.05, 0.1) is 16.3 Å². The molecular formula is C26H24ClN5O2. The molecule has 2 amide bonds. The first kappa shape index (κ1) is 23.2. The molecular weight excluding hydrogens is 450 g/mol. The number of rotatable bonds is 6. The number of carbonyl (C=O) groups is 2. The lowest BCUT2D eigenvalue weighted by atomic mass is 10.0. The molecule has 1 saturated heterocycles. The lowest BCUT2D eigenvalue weighted by Gasteiger charge is -2.18. The molecule has 0 saturated carbocycles. The minimum Gasteiger partial charge on any atom is -0.357 e. The molecule has 4 rings (SSSR count). The quantitative estimate of drug-likeness (QED) is 0.334. The lowest BCUT2D eigenvalue weighted by molar-refractivity contribution is 0.102. The molecule has 2 heterocycles. The minimum atomic E-state index is -0.428. The monoisotopic (exact) mass is 473 g/mol. The highest BCUT2D eigenvalue weighted by Crippen LogP contribution is 2.25. The average Bonchev–Trinajstić information content (AvgIpc) is 3.40. The summed E-state index contributed by atoms with van der Waals surface area (Å²) in [6.45, 7) is 5.57. The second-order valence-corrected chi connectivity index (χ2v) is 8.30. The topological polar surface area (TPSA) is 98.2 Å². The summed E-state index contributed by atoms with van der Waals surface area (Å²) in [7, 11) is 0. The van der Waals surface area contributed by atoms with Gasteiger partial charge in [0.1, 0.15) is 11.7 Å². The van der Waals surface area contributed by atoms with Crippen LogP contribution in [0, 0.1) is 5.41 Å². The maximum absolute atomic E-state index is 13.0. The number of nitrogens with zero attached hydrogens (tertiary/aromatic N) is 2. The van der Waals surface area contributed by atoms with Gasteiger partial charge in [-0.2, -0.15) is 0 Å². The summed E-state index contributed by atoms with van der Waals surface area (Å²) in [4.78, 5) is 32.1. The second-order valence-electron chi connectivity index (χ2n) is 7.86. The number of pyridine rings is 1. The summed E-state index contributed by atoms with van der Waals surface area (Å²) < 4.78 is 0. The van der Waals surface area contributed by atoms with Crippen LogP contribution in [0.2, 0.25) is 5.02 Å². The molecule has 0 radical (unpaired) electrons. The Morgan fingerprint density at radius 3 is 2.32 bits per heavy atom. The van der Waals surface area contributed by atoms with E-state index in [9.17, 15) is 9.59 Å². The first-order valence-electron chi connectivity index (χ1n) is 10.9. The fourth-order valence-corrected chi connectivity index (χ4v) is 3.90. The summed E-state index contributed by atoms with van der Waals surface area (Å²) in [5.41, 5.74) is 2.42. The first-order valence-corrected chi connectivity index (χ1v) is 11.3. The smallest absolute Gasteiger partial charge is 0.258 e. The van der Waals surface area contributed by atoms with Crippen LogP contribution in [0.3, 0.4) is 0 Å². The number of likely N-dealkylation sites (tertiary alicyclic amines) is 1. The standard InChI is InChI=1S/C26H24ClN5O2/c1-2-17-6-5-7-21(26(34)30-22-13-12-20(27)16-29-22)23(17)31-25(33)19-10-8-18(9-11-19)24(28)32-14-3-4-15-32/h2,5-13,16,28H,1,3-4,14-15H2,(H,31,33)(H,29,30,34). The summed E-state index contributed by atoms with van der Waals surface area (Å²) in [6, 6.07) is 15.2. The van der Waals surface area contributed by atoms with Crippen LogP contribution < -0.4 is 10.6 Å². The zero-order chi connectivity index (χ0) is 24.1. The van der Waals surface area contributed by atoms with Gasteiger partial charge in [0.25, 0.3) is 11.8 Å². The first-order chi connectivity index (χ1) is 16.5. The van der Waals surface area contributed by atoms with Crippen LogP contribution >= 0.6 is 11.6 Å². The fourth-order valence-electron chi connectivity index (χ4n) is 3.79. The fraction of sp³-hybridized carbons (Fsp3) is 0.154. The molecule has 1 fully saturated rings. The van der Waals surface area contributed by atoms with Gasteiger partial charge in [0.2, 0.25) is 0 Å². The Morgan fingerprint density at radius 2 is 1.68 bits per heavy atom. The Hall–Kier alpha value is -3.97. The van der Waals surface area contributed by atoms with E-state index in [4.69, 9.17) is 17.0 Å². The average molecular weight is 474 g/mol. The molecule has 0 atom stereocenters. The van der Waals surface area contributed by atoms with Gasteiger partial charge in [-0.15, -0.1) is 0 Å². The van der Waals surface area contributed by atoms with E-state index < -0.39 is 5.91 Å². The molecule has 0 aliphatic carbocycles. The molecule has 8 heteroatoms. The molecule has 0 bridgehead atoms. The summed E-state index contributed by atoms with van der Waals surface area (Å²) in [5, 5.41) is 14.4. The maximum Gasteiger partial charge on any atom is 0.258 e. The molecule has 0 spiro atoms. The second kappa shape index (κ2) is 10.3. The van der Waals surface area contributed by atoms with E-state index in [-0.39, 0.29) is 11.5 Å². The molecule has 3 N–H and O–H groups in total. The number of carbonyl (C=O) groups excluding carboxylic acids is 2. The van der Waals surface area contributed by atoms with Gasteiger partial charge in [-0.3, -0.25) is 15.0 Å². The van der Waals surface area contributed by atoms with Crippen molar-refractivity contribution >= 4 is 46.8 Å². The van der Waals surface area contributed by atoms with Crippen molar-refractivity contribution < 1.29 is 9.59 Å². The van der Waals surface area contributed by atoms with E-state index in [1.807, 2.05) is 4.90 Å². The molecule has 1 aliphatic rings. The minimum absolute atomic E-state index is 0.273. The molecule has 34 heavy (non-hydrogen) atoms. The highest BCUT2D eigenvalue weighted by atomic mass is 35.5. The van der Waals surface area contributed by atoms with Crippen LogP contribution in [0.25, 0.3) is 6.08 Å². The summed E-state index contributed by atoms with van der Waals surface area (Å²) >= 11 is 5.86. The van der Waals surface area contributed by atoms with Gasteiger partial charge >= 0.3 is 0 Å². The van der Waals surface area contributed by atoms with Crippen LogP contribution in [-0.2, 0) is 0 Å². The van der Waals surface area contributed by atoms with Crippen LogP contribution in [0.5, 0.6) is 0 Å². The van der Waals surface area contributed by atoms with Crippen molar-refractivity contribution in [2.75, 3.05) is 23.7 Å². The number of hydrogen-bond acceptors (Lipinski definition) is 4. The predicted molar refractivity (Wildman–Crippen MR) is 136 cm³/mol. The highest BCUT2D eigenvalue weighted by Gasteiger charge is 2.19. The third-order valence-corrected chi connectivity index (χ3v) is 5.84. The van der Waals surface area contributed by atoms with Gasteiger partial charge < -0.3 is 15.5 Å². The van der Waals surface area contributed by atoms with Gasteiger partial charge in [0.15, 0.2) is 0 Å². The summed E-state index contributed by atoms with van der Waals surface area (Å²) in [5.74, 6) is 0.0124. The van der Waals surface area contributed by atoms with Crippen molar-refractivity contribution in [1.82, 2.24) is 9.88 Å². The largest absolute Gasteiger partial charge is 0.357 e. The number of hydrogen-bond donors (Lipinski definition) is 3. The summed E-state index contributed by atoms with van der Waals surface area (Å²) in [6.07, 6.45) is 5.20. The Balaban J connectivity index is 1.53. The number of amidine groups is 1. The Bertz CT molecular complexity index is 1230. The van der Waals surface area contributed by atoms with Crippen molar-refractivity contribution in [2.45, 2.75) is 12.8 Å². The van der Waals surface area contributed by atoms with E-state index in [2.05, 4.69) is 22.2 Å². The number of amides is 2. The van der Waals surface area contributed by atoms with Crippen LogP contribution in [0.15, 0.2) is 67.4 Å². The van der Waals surface area contributed by atoms with E-state index in [0.29, 0.717) is 33.5 Å². The number of aromatic nitrogens is 1. The number of halogens is 1. The third kappa shape index (κ3) is 5.15. The molecule has 3 aromatic rings. The van der Waals surface area contributed by atoms with Gasteiger partial charge in [-0.25, -0.2) is 4.98 Å². The van der Waals surface area contributed by atoms with E-state index in [1.54, 1.807) is 60.7 Å². The van der Waals surface area contributed by atoms with E-state index >= 15 is 0 Å². The SMILES string of the molecule is C=Cc1cccc(C(=O)Nc2ccc(Cl)cn2)c1NC(=O)c1ccc(C(=N)N2CCCC2)cc1. The van der Waals surface area contributed by atoms with Crippen molar-refractivity contribution in [2.24, 2.45) is 0 Å². The lowest BCUT2D eigenvalue weighted by Crippen LogP contribution is -2.27. The maximum atomic E-state index is 13.0. The molecule has 172 valence electrons. The van der Waals surface area contributed by atoms with E-state index in [0.717, 1.165) is 31.5 Å². The van der Waals surface area contributed by atoms with Crippen molar-refractivity contribution in [1.29, 1.82) is 5.41 Å². The number of para-hydroxylation sites is 1. The van der Waals surface area contributed by atoms with Gasteiger partial charge in [-0.05, 0) is 48.7 Å². The van der Waals surface area contributed by atoms with E-state index in [1.165, 1.54) is 6.20 Å². The number of nitrogens with one attached hydrogen (secondary N) is 3. The van der Waals surface area contributed by atoms with Crippen LogP contribution in [-0.4, -0.2) is 40.6 Å². The zero-order valence-corrected chi connectivity index (χ0v) is 19.2. The Labute approximate surface area is 203 Å². The molecule has 1 aromatic heterocycles. The zero-order valence-electron chi connectivity index (χ0n) is 18.5. The molecule has 2 aromatic carbocycles. The molecule has 7 nitrogen and oxygen atoms in total. The van der Waals surface area contributed by atoms with Crippen LogP contribution in [0.4, 0.5) is 11.5 Å². The number of anilines is 2. The third-order valence-electron chi connectivity index (χ3n) is 5.61.